The first-order chi connectivity index (χ1) is 21.1. The molecule has 7 rings (SSSR count). The number of ether oxygens (including phenoxy) is 1. The Morgan fingerprint density at radius 2 is 1.93 bits per heavy atom. The van der Waals surface area contributed by atoms with E-state index in [0.717, 1.165) is 30.5 Å². The Kier molecular flexibility index (Phi) is 7.42. The average molecular weight is 654 g/mol. The van der Waals surface area contributed by atoms with Crippen molar-refractivity contribution < 1.29 is 23.1 Å². The number of hydrogen-bond donors (Lipinski definition) is 1. The quantitative estimate of drug-likeness (QED) is 0.328. The SMILES string of the molecule is Cc1ccc(S(=O)(=O)n2c(C3=CCN(C(=O)[C@@H]4CCCN4C)CC3)cc3c(-c4cnc(C5(O)COC5)s4)c(Cl)cnc32)cc1. The van der Waals surface area contributed by atoms with Crippen LogP contribution in [0.3, 0.4) is 0 Å². The van der Waals surface area contributed by atoms with Crippen LogP contribution in [0.2, 0.25) is 5.02 Å². The zero-order valence-corrected chi connectivity index (χ0v) is 26.8. The minimum atomic E-state index is -4.08. The zero-order valence-electron chi connectivity index (χ0n) is 24.4. The van der Waals surface area contributed by atoms with Gasteiger partial charge in [-0.2, -0.15) is 0 Å². The summed E-state index contributed by atoms with van der Waals surface area (Å²) in [6.07, 6.45) is 7.40. The normalized spacial score (nSPS) is 20.6. The van der Waals surface area contributed by atoms with Gasteiger partial charge in [0.2, 0.25) is 5.91 Å². The Morgan fingerprint density at radius 3 is 2.57 bits per heavy atom. The van der Waals surface area contributed by atoms with Crippen molar-refractivity contribution in [2.75, 3.05) is 39.9 Å². The van der Waals surface area contributed by atoms with Gasteiger partial charge in [-0.25, -0.2) is 22.4 Å². The third-order valence-corrected chi connectivity index (χ3v) is 12.0. The maximum Gasteiger partial charge on any atom is 0.269 e. The van der Waals surface area contributed by atoms with Gasteiger partial charge >= 0.3 is 0 Å². The lowest BCUT2D eigenvalue weighted by Gasteiger charge is -2.34. The molecule has 1 N–H and O–H groups in total. The van der Waals surface area contributed by atoms with Crippen molar-refractivity contribution in [2.45, 2.75) is 42.7 Å². The molecule has 6 heterocycles. The number of pyridine rings is 1. The standard InChI is InChI=1S/C31H32ClN5O5S2/c1-19-5-7-21(8-6-19)44(40,41)37-25(20-9-12-36(13-10-20)29(38)24-4-3-11-35(24)2)14-22-27(23(32)15-33-28(22)37)26-16-34-30(43-26)31(39)17-42-18-31/h5-9,14-16,24,39H,3-4,10-13,17-18H2,1-2H3/t24-/m0/s1. The molecule has 0 unspecified atom stereocenters. The summed E-state index contributed by atoms with van der Waals surface area (Å²) < 4.78 is 35.1. The molecule has 0 bridgehead atoms. The molecule has 230 valence electrons. The number of amides is 1. The van der Waals surface area contributed by atoms with Crippen LogP contribution in [-0.2, 0) is 25.2 Å². The summed E-state index contributed by atoms with van der Waals surface area (Å²) in [6, 6.07) is 8.45. The molecule has 0 radical (unpaired) electrons. The lowest BCUT2D eigenvalue weighted by atomic mass is 10.0. The van der Waals surface area contributed by atoms with E-state index in [9.17, 15) is 18.3 Å². The molecule has 2 saturated heterocycles. The molecular weight excluding hydrogens is 622 g/mol. The molecule has 0 aliphatic carbocycles. The van der Waals surface area contributed by atoms with Crippen LogP contribution in [0.4, 0.5) is 0 Å². The highest BCUT2D eigenvalue weighted by atomic mass is 35.5. The largest absolute Gasteiger partial charge is 0.378 e. The van der Waals surface area contributed by atoms with E-state index in [1.165, 1.54) is 21.5 Å². The topological polar surface area (TPSA) is 118 Å². The molecule has 13 heteroatoms. The first-order valence-corrected chi connectivity index (χ1v) is 17.2. The number of aromatic nitrogens is 3. The van der Waals surface area contributed by atoms with Gasteiger partial charge < -0.3 is 14.7 Å². The number of carbonyl (C=O) groups is 1. The summed E-state index contributed by atoms with van der Waals surface area (Å²) in [7, 11) is -2.10. The number of likely N-dealkylation sites (N-methyl/N-ethyl adjacent to an activating group) is 1. The summed E-state index contributed by atoms with van der Waals surface area (Å²) in [6.45, 7) is 4.03. The first kappa shape index (κ1) is 29.6. The van der Waals surface area contributed by atoms with Crippen LogP contribution >= 0.6 is 22.9 Å². The third-order valence-electron chi connectivity index (χ3n) is 8.79. The Morgan fingerprint density at radius 1 is 1.16 bits per heavy atom. The maximum absolute atomic E-state index is 14.3. The summed E-state index contributed by atoms with van der Waals surface area (Å²) in [5.74, 6) is 0.114. The van der Waals surface area contributed by atoms with E-state index in [0.29, 0.717) is 51.1 Å². The summed E-state index contributed by atoms with van der Waals surface area (Å²) >= 11 is 8.04. The Hall–Kier alpha value is -3.13. The summed E-state index contributed by atoms with van der Waals surface area (Å²) in [4.78, 5) is 27.1. The minimum absolute atomic E-state index is 0.110. The fraction of sp³-hybridized carbons (Fsp3) is 0.387. The maximum atomic E-state index is 14.3. The Labute approximate surface area is 264 Å². The van der Waals surface area contributed by atoms with E-state index in [4.69, 9.17) is 16.3 Å². The Bertz CT molecular complexity index is 1910. The van der Waals surface area contributed by atoms with Crippen molar-refractivity contribution in [3.63, 3.8) is 0 Å². The van der Waals surface area contributed by atoms with Crippen molar-refractivity contribution in [1.82, 2.24) is 23.7 Å². The number of nitrogens with zero attached hydrogens (tertiary/aromatic N) is 5. The number of thiazole rings is 1. The van der Waals surface area contributed by atoms with Crippen molar-refractivity contribution in [3.8, 4) is 10.4 Å². The number of aryl methyl sites for hydroxylation is 1. The molecule has 3 aliphatic rings. The molecule has 3 aromatic heterocycles. The number of aliphatic hydroxyl groups is 1. The first-order valence-electron chi connectivity index (χ1n) is 14.5. The lowest BCUT2D eigenvalue weighted by molar-refractivity contribution is -0.184. The van der Waals surface area contributed by atoms with E-state index >= 15 is 0 Å². The van der Waals surface area contributed by atoms with Gasteiger partial charge in [0.25, 0.3) is 10.0 Å². The van der Waals surface area contributed by atoms with Crippen LogP contribution in [-0.4, -0.2) is 89.1 Å². The third kappa shape index (κ3) is 4.88. The molecule has 10 nitrogen and oxygen atoms in total. The molecule has 1 amide bonds. The van der Waals surface area contributed by atoms with E-state index < -0.39 is 15.6 Å². The van der Waals surface area contributed by atoms with E-state index in [2.05, 4.69) is 14.9 Å². The highest BCUT2D eigenvalue weighted by molar-refractivity contribution is 7.90. The van der Waals surface area contributed by atoms with Gasteiger partial charge in [-0.15, -0.1) is 11.3 Å². The van der Waals surface area contributed by atoms with Crippen LogP contribution in [0, 0.1) is 6.92 Å². The molecule has 0 spiro atoms. The van der Waals surface area contributed by atoms with Gasteiger partial charge in [-0.3, -0.25) is 9.69 Å². The number of fused-ring (bicyclic) bond motifs is 1. The number of hydrogen-bond acceptors (Lipinski definition) is 9. The highest BCUT2D eigenvalue weighted by Gasteiger charge is 2.41. The zero-order chi connectivity index (χ0) is 30.8. The van der Waals surface area contributed by atoms with Gasteiger partial charge in [0.1, 0.15) is 5.01 Å². The second kappa shape index (κ2) is 11.0. The van der Waals surface area contributed by atoms with E-state index in [1.807, 2.05) is 31.0 Å². The summed E-state index contributed by atoms with van der Waals surface area (Å²) in [5.41, 5.74) is 1.94. The van der Waals surface area contributed by atoms with Crippen LogP contribution in [0.1, 0.15) is 35.5 Å². The number of benzene rings is 1. The monoisotopic (exact) mass is 653 g/mol. The molecule has 1 aromatic carbocycles. The van der Waals surface area contributed by atoms with Crippen molar-refractivity contribution >= 4 is 55.5 Å². The number of likely N-dealkylation sites (tertiary alicyclic amines) is 1. The lowest BCUT2D eigenvalue weighted by Crippen LogP contribution is -2.46. The summed E-state index contributed by atoms with van der Waals surface area (Å²) in [5, 5.41) is 12.2. The second-order valence-electron chi connectivity index (χ2n) is 11.8. The van der Waals surface area contributed by atoms with Crippen LogP contribution in [0.25, 0.3) is 27.0 Å². The number of halogens is 1. The highest BCUT2D eigenvalue weighted by Crippen LogP contribution is 2.43. The van der Waals surface area contributed by atoms with Crippen LogP contribution < -0.4 is 0 Å². The van der Waals surface area contributed by atoms with Crippen LogP contribution in [0.15, 0.2) is 53.7 Å². The van der Waals surface area contributed by atoms with Gasteiger partial charge in [0.05, 0.1) is 39.7 Å². The van der Waals surface area contributed by atoms with Crippen LogP contribution in [0.5, 0.6) is 0 Å². The van der Waals surface area contributed by atoms with Gasteiger partial charge in [0.15, 0.2) is 11.2 Å². The second-order valence-corrected chi connectivity index (χ2v) is 15.0. The predicted octanol–water partition coefficient (Wildman–Crippen LogP) is 4.29. The molecule has 2 fully saturated rings. The van der Waals surface area contributed by atoms with Crippen molar-refractivity contribution in [1.29, 1.82) is 0 Å². The van der Waals surface area contributed by atoms with Gasteiger partial charge in [0, 0.05) is 36.4 Å². The van der Waals surface area contributed by atoms with E-state index in [-0.39, 0.29) is 35.7 Å². The van der Waals surface area contributed by atoms with Crippen molar-refractivity contribution in [2.24, 2.45) is 0 Å². The number of rotatable bonds is 6. The fourth-order valence-electron chi connectivity index (χ4n) is 6.19. The Balaban J connectivity index is 1.35. The molecule has 3 aliphatic heterocycles. The van der Waals surface area contributed by atoms with E-state index in [1.54, 1.807) is 30.5 Å². The van der Waals surface area contributed by atoms with Gasteiger partial charge in [-0.05, 0) is 63.6 Å². The van der Waals surface area contributed by atoms with Crippen molar-refractivity contribution in [3.05, 3.63) is 70.1 Å². The number of carbonyl (C=O) groups excluding carboxylic acids is 1. The minimum Gasteiger partial charge on any atom is -0.378 e. The predicted molar refractivity (Wildman–Crippen MR) is 169 cm³/mol. The molecule has 44 heavy (non-hydrogen) atoms. The van der Waals surface area contributed by atoms with Gasteiger partial charge in [-0.1, -0.05) is 35.4 Å². The molecule has 0 saturated carbocycles. The average Bonchev–Trinajstić information content (AvgIpc) is 3.75. The molecule has 4 aromatic rings. The molecular formula is C31H32ClN5O5S2. The molecule has 1 atom stereocenters. The fourth-order valence-corrected chi connectivity index (χ4v) is 9.04. The smallest absolute Gasteiger partial charge is 0.269 e.